The van der Waals surface area contributed by atoms with Crippen molar-refractivity contribution < 1.29 is 4.79 Å². The minimum Gasteiger partial charge on any atom is -0.349 e. The van der Waals surface area contributed by atoms with Gasteiger partial charge in [-0.15, -0.1) is 0 Å². The van der Waals surface area contributed by atoms with E-state index in [9.17, 15) is 4.79 Å². The van der Waals surface area contributed by atoms with Gasteiger partial charge in [0.1, 0.15) is 0 Å². The van der Waals surface area contributed by atoms with E-state index in [1.54, 1.807) is 0 Å². The molecule has 0 fully saturated rings. The van der Waals surface area contributed by atoms with E-state index in [2.05, 4.69) is 37.2 Å². The third-order valence-electron chi connectivity index (χ3n) is 1.31. The number of amides is 1. The van der Waals surface area contributed by atoms with Crippen LogP contribution >= 0.6 is 43.6 Å². The number of halogens is 2. The summed E-state index contributed by atoms with van der Waals surface area (Å²) in [6.45, 7) is 1.99. The summed E-state index contributed by atoms with van der Waals surface area (Å²) in [5.74, 6) is 0.610. The number of carbonyl (C=O) groups is 1. The van der Waals surface area contributed by atoms with E-state index in [-0.39, 0.29) is 11.4 Å². The fourth-order valence-electron chi connectivity index (χ4n) is 0.606. The normalized spacial score (nSPS) is 11.3. The fraction of sp³-hybridized carbons (Fsp3) is 0.857. The molecule has 0 aliphatic rings. The Balaban J connectivity index is 3.93. The fourth-order valence-corrected chi connectivity index (χ4v) is 2.15. The Morgan fingerprint density at radius 2 is 2.00 bits per heavy atom. The molecule has 0 heterocycles. The minimum atomic E-state index is -0.174. The van der Waals surface area contributed by atoms with Gasteiger partial charge in [-0.2, -0.15) is 11.8 Å². The number of rotatable bonds is 5. The van der Waals surface area contributed by atoms with E-state index in [4.69, 9.17) is 0 Å². The van der Waals surface area contributed by atoms with Crippen molar-refractivity contribution >= 4 is 49.5 Å². The molecule has 0 spiro atoms. The third-order valence-corrected chi connectivity index (χ3v) is 4.33. The Bertz CT molecular complexity index is 150. The van der Waals surface area contributed by atoms with Gasteiger partial charge in [-0.05, 0) is 13.2 Å². The van der Waals surface area contributed by atoms with Crippen molar-refractivity contribution in [2.24, 2.45) is 0 Å². The van der Waals surface area contributed by atoms with Crippen molar-refractivity contribution in [2.75, 3.05) is 22.7 Å². The van der Waals surface area contributed by atoms with Crippen LogP contribution < -0.4 is 5.32 Å². The van der Waals surface area contributed by atoms with Crippen molar-refractivity contribution in [1.82, 2.24) is 5.32 Å². The van der Waals surface area contributed by atoms with E-state index in [1.807, 2.05) is 13.2 Å². The highest BCUT2D eigenvalue weighted by molar-refractivity contribution is 9.09. The third kappa shape index (κ3) is 4.72. The van der Waals surface area contributed by atoms with E-state index in [0.717, 1.165) is 10.7 Å². The Kier molecular flexibility index (Phi) is 6.67. The molecule has 0 radical (unpaired) electrons. The molecule has 5 heteroatoms. The second-order valence-electron chi connectivity index (χ2n) is 2.81. The molecule has 0 saturated carbocycles. The molecule has 1 N–H and O–H groups in total. The molecule has 0 saturated heterocycles. The summed E-state index contributed by atoms with van der Waals surface area (Å²) in [5.41, 5.74) is -0.174. The lowest BCUT2D eigenvalue weighted by Gasteiger charge is -2.26. The van der Waals surface area contributed by atoms with Gasteiger partial charge in [0, 0.05) is 10.7 Å². The maximum atomic E-state index is 11.2. The maximum Gasteiger partial charge on any atom is 0.230 e. The van der Waals surface area contributed by atoms with Crippen LogP contribution in [0.4, 0.5) is 0 Å². The maximum absolute atomic E-state index is 11.2. The molecule has 0 aliphatic heterocycles. The zero-order valence-electron chi connectivity index (χ0n) is 7.19. The highest BCUT2D eigenvalue weighted by Crippen LogP contribution is 2.11. The number of nitrogens with one attached hydrogen (secondary N) is 1. The van der Waals surface area contributed by atoms with Gasteiger partial charge in [-0.25, -0.2) is 0 Å². The molecular formula is C7H13Br2NOS. The number of thioether (sulfide) groups is 1. The highest BCUT2D eigenvalue weighted by atomic mass is 79.9. The smallest absolute Gasteiger partial charge is 0.230 e. The van der Waals surface area contributed by atoms with E-state index < -0.39 is 0 Å². The predicted octanol–water partition coefficient (Wildman–Crippen LogP) is 2.01. The number of alkyl halides is 2. The summed E-state index contributed by atoms with van der Waals surface area (Å²) in [4.78, 5) is 11.2. The van der Waals surface area contributed by atoms with Crippen molar-refractivity contribution in [2.45, 2.75) is 12.5 Å². The van der Waals surface area contributed by atoms with Gasteiger partial charge in [0.15, 0.2) is 0 Å². The number of hydrogen-bond donors (Lipinski definition) is 1. The van der Waals surface area contributed by atoms with Gasteiger partial charge in [0.05, 0.1) is 11.3 Å². The molecule has 0 unspecified atom stereocenters. The van der Waals surface area contributed by atoms with Crippen LogP contribution in [0.1, 0.15) is 6.92 Å². The summed E-state index contributed by atoms with van der Waals surface area (Å²) in [7, 11) is 0. The standard InChI is InChI=1S/C7H13Br2NOS/c1-7(4-8,5-9)10-6(11)3-12-2/h3-5H2,1-2H3,(H,10,11). The zero-order chi connectivity index (χ0) is 9.61. The van der Waals surface area contributed by atoms with Crippen molar-refractivity contribution in [3.05, 3.63) is 0 Å². The quantitative estimate of drug-likeness (QED) is 0.786. The van der Waals surface area contributed by atoms with Crippen LogP contribution in [0.15, 0.2) is 0 Å². The first-order valence-electron chi connectivity index (χ1n) is 3.50. The molecule has 0 atom stereocenters. The van der Waals surface area contributed by atoms with E-state index in [1.165, 1.54) is 11.8 Å². The van der Waals surface area contributed by atoms with Crippen LogP contribution in [0, 0.1) is 0 Å². The van der Waals surface area contributed by atoms with E-state index in [0.29, 0.717) is 5.75 Å². The Morgan fingerprint density at radius 3 is 2.33 bits per heavy atom. The lowest BCUT2D eigenvalue weighted by atomic mass is 10.1. The molecule has 2 nitrogen and oxygen atoms in total. The first-order chi connectivity index (χ1) is 5.58. The summed E-state index contributed by atoms with van der Waals surface area (Å²) >= 11 is 8.25. The molecule has 12 heavy (non-hydrogen) atoms. The average Bonchev–Trinajstić information content (AvgIpc) is 2.05. The lowest BCUT2D eigenvalue weighted by molar-refractivity contribution is -0.119. The zero-order valence-corrected chi connectivity index (χ0v) is 11.2. The molecule has 72 valence electrons. The van der Waals surface area contributed by atoms with Crippen LogP contribution in [0.5, 0.6) is 0 Å². The Morgan fingerprint density at radius 1 is 1.50 bits per heavy atom. The topological polar surface area (TPSA) is 29.1 Å². The van der Waals surface area contributed by atoms with E-state index >= 15 is 0 Å². The summed E-state index contributed by atoms with van der Waals surface area (Å²) in [6.07, 6.45) is 1.92. The Hall–Kier alpha value is 0.780. The van der Waals surface area contributed by atoms with Crippen molar-refractivity contribution in [3.8, 4) is 0 Å². The molecule has 1 amide bonds. The largest absolute Gasteiger partial charge is 0.349 e. The molecule has 0 rings (SSSR count). The monoisotopic (exact) mass is 317 g/mol. The number of carbonyl (C=O) groups excluding carboxylic acids is 1. The molecule has 0 bridgehead atoms. The van der Waals surface area contributed by atoms with Gasteiger partial charge < -0.3 is 5.32 Å². The van der Waals surface area contributed by atoms with Gasteiger partial charge in [0.2, 0.25) is 5.91 Å². The van der Waals surface area contributed by atoms with Gasteiger partial charge >= 0.3 is 0 Å². The highest BCUT2D eigenvalue weighted by Gasteiger charge is 2.22. The van der Waals surface area contributed by atoms with Crippen molar-refractivity contribution in [3.63, 3.8) is 0 Å². The first-order valence-corrected chi connectivity index (χ1v) is 7.13. The number of hydrogen-bond acceptors (Lipinski definition) is 2. The van der Waals surface area contributed by atoms with Crippen LogP contribution in [0.3, 0.4) is 0 Å². The van der Waals surface area contributed by atoms with Crippen LogP contribution in [-0.4, -0.2) is 34.1 Å². The lowest BCUT2D eigenvalue weighted by Crippen LogP contribution is -2.49. The first kappa shape index (κ1) is 12.8. The summed E-state index contributed by atoms with van der Waals surface area (Å²) in [5, 5.41) is 4.45. The molecule has 0 aromatic carbocycles. The van der Waals surface area contributed by atoms with Gasteiger partial charge in [-0.1, -0.05) is 31.9 Å². The molecule has 0 aromatic heterocycles. The van der Waals surface area contributed by atoms with Gasteiger partial charge in [0.25, 0.3) is 0 Å². The molecule has 0 aliphatic carbocycles. The Labute approximate surface area is 94.5 Å². The van der Waals surface area contributed by atoms with Crippen LogP contribution in [0.25, 0.3) is 0 Å². The summed E-state index contributed by atoms with van der Waals surface area (Å²) < 4.78 is 0. The molecule has 0 aromatic rings. The molecular weight excluding hydrogens is 306 g/mol. The minimum absolute atomic E-state index is 0.0869. The van der Waals surface area contributed by atoms with Crippen LogP contribution in [-0.2, 0) is 4.79 Å². The van der Waals surface area contributed by atoms with Gasteiger partial charge in [-0.3, -0.25) is 4.79 Å². The van der Waals surface area contributed by atoms with Crippen molar-refractivity contribution in [1.29, 1.82) is 0 Å². The van der Waals surface area contributed by atoms with Crippen LogP contribution in [0.2, 0.25) is 0 Å². The average molecular weight is 319 g/mol. The SMILES string of the molecule is CSCC(=O)NC(C)(CBr)CBr. The predicted molar refractivity (Wildman–Crippen MR) is 62.5 cm³/mol. The second-order valence-corrected chi connectivity index (χ2v) is 4.80. The second kappa shape index (κ2) is 6.27. The summed E-state index contributed by atoms with van der Waals surface area (Å²) in [6, 6.07) is 0.